The second kappa shape index (κ2) is 18.0. The zero-order valence-corrected chi connectivity index (χ0v) is 19.2. The number of rotatable bonds is 15. The Hall–Kier alpha value is 1.25. The first kappa shape index (κ1) is 26.5. The fraction of sp³-hybridized carbons (Fsp3) is 0.882. The summed E-state index contributed by atoms with van der Waals surface area (Å²) in [5.41, 5.74) is 0. The maximum Gasteiger partial charge on any atom is 1.00 e. The summed E-state index contributed by atoms with van der Waals surface area (Å²) in [4.78, 5) is 0. The van der Waals surface area contributed by atoms with E-state index < -0.39 is 10.4 Å². The molecule has 0 aromatic heterocycles. The molecule has 0 aromatic carbocycles. The Kier molecular flexibility index (Phi) is 20.8. The van der Waals surface area contributed by atoms with Crippen molar-refractivity contribution in [2.45, 2.75) is 84.5 Å². The van der Waals surface area contributed by atoms with Gasteiger partial charge in [-0.3, -0.25) is 4.18 Å². The standard InChI is InChI=1S/C17H34O4S.K/c1-3-5-7-9-11-13-15-17(16-21-22(18,19)20)14-12-10-8-6-4-2;/h13,15,17H,3-12,14,16H2,1-2H3,(H,18,19,20);/q;+1/p-1/b15-13+;. The predicted molar refractivity (Wildman–Crippen MR) is 90.4 cm³/mol. The number of unbranched alkanes of at least 4 members (excludes halogenated alkanes) is 8. The average Bonchev–Trinajstić information content (AvgIpc) is 2.46. The zero-order chi connectivity index (χ0) is 16.7. The fourth-order valence-electron chi connectivity index (χ4n) is 2.39. The third kappa shape index (κ3) is 21.2. The summed E-state index contributed by atoms with van der Waals surface area (Å²) in [6.45, 7) is 4.34. The number of hydrogen-bond donors (Lipinski definition) is 0. The number of hydrogen-bond acceptors (Lipinski definition) is 4. The van der Waals surface area contributed by atoms with E-state index in [4.69, 9.17) is 0 Å². The number of allylic oxidation sites excluding steroid dienone is 1. The van der Waals surface area contributed by atoms with E-state index in [2.05, 4.69) is 24.1 Å². The molecule has 0 N–H and O–H groups in total. The molecule has 0 aliphatic carbocycles. The summed E-state index contributed by atoms with van der Waals surface area (Å²) >= 11 is 0. The minimum Gasteiger partial charge on any atom is -0.726 e. The zero-order valence-electron chi connectivity index (χ0n) is 15.3. The third-order valence-electron chi connectivity index (χ3n) is 3.74. The van der Waals surface area contributed by atoms with Crippen LogP contribution < -0.4 is 51.4 Å². The van der Waals surface area contributed by atoms with Crippen molar-refractivity contribution in [3.63, 3.8) is 0 Å². The van der Waals surface area contributed by atoms with E-state index in [1.165, 1.54) is 38.5 Å². The van der Waals surface area contributed by atoms with Crippen molar-refractivity contribution < 1.29 is 68.5 Å². The van der Waals surface area contributed by atoms with Gasteiger partial charge in [0, 0.05) is 5.92 Å². The Morgan fingerprint density at radius 1 is 0.957 bits per heavy atom. The van der Waals surface area contributed by atoms with Gasteiger partial charge in [-0.05, 0) is 19.3 Å². The first-order valence-electron chi connectivity index (χ1n) is 8.76. The van der Waals surface area contributed by atoms with Crippen molar-refractivity contribution >= 4 is 10.4 Å². The fourth-order valence-corrected chi connectivity index (χ4v) is 2.74. The molecule has 6 heteroatoms. The molecule has 0 fully saturated rings. The molecule has 132 valence electrons. The largest absolute Gasteiger partial charge is 1.00 e. The van der Waals surface area contributed by atoms with Crippen LogP contribution in [0.15, 0.2) is 12.2 Å². The smallest absolute Gasteiger partial charge is 0.726 e. The average molecular weight is 373 g/mol. The molecule has 0 rings (SSSR count). The maximum absolute atomic E-state index is 10.6. The van der Waals surface area contributed by atoms with Crippen molar-refractivity contribution in [2.75, 3.05) is 6.61 Å². The van der Waals surface area contributed by atoms with E-state index in [1.807, 2.05) is 6.08 Å². The molecule has 0 saturated heterocycles. The van der Waals surface area contributed by atoms with Crippen LogP contribution in [0.3, 0.4) is 0 Å². The van der Waals surface area contributed by atoms with E-state index in [9.17, 15) is 13.0 Å². The summed E-state index contributed by atoms with van der Waals surface area (Å²) in [6.07, 6.45) is 16.7. The van der Waals surface area contributed by atoms with Crippen molar-refractivity contribution in [2.24, 2.45) is 5.92 Å². The van der Waals surface area contributed by atoms with Gasteiger partial charge >= 0.3 is 51.4 Å². The summed E-state index contributed by atoms with van der Waals surface area (Å²) in [6, 6.07) is 0. The van der Waals surface area contributed by atoms with Crippen molar-refractivity contribution in [1.29, 1.82) is 0 Å². The molecule has 1 atom stereocenters. The second-order valence-corrected chi connectivity index (χ2v) is 6.99. The summed E-state index contributed by atoms with van der Waals surface area (Å²) in [7, 11) is -4.58. The Morgan fingerprint density at radius 3 is 2.09 bits per heavy atom. The summed E-state index contributed by atoms with van der Waals surface area (Å²) in [5.74, 6) is 0.0246. The molecule has 0 heterocycles. The van der Waals surface area contributed by atoms with Crippen LogP contribution in [0.2, 0.25) is 0 Å². The second-order valence-electron chi connectivity index (χ2n) is 5.93. The summed E-state index contributed by atoms with van der Waals surface area (Å²) in [5, 5.41) is 0. The topological polar surface area (TPSA) is 66.4 Å². The first-order valence-corrected chi connectivity index (χ1v) is 10.1. The normalized spacial score (nSPS) is 13.2. The van der Waals surface area contributed by atoms with E-state index in [0.717, 1.165) is 32.1 Å². The molecule has 0 aromatic rings. The Labute approximate surface area is 186 Å². The van der Waals surface area contributed by atoms with E-state index >= 15 is 0 Å². The minimum atomic E-state index is -4.58. The van der Waals surface area contributed by atoms with E-state index in [0.29, 0.717) is 0 Å². The van der Waals surface area contributed by atoms with Crippen LogP contribution in [0.1, 0.15) is 84.5 Å². The molecule has 0 radical (unpaired) electrons. The third-order valence-corrected chi connectivity index (χ3v) is 4.16. The van der Waals surface area contributed by atoms with Gasteiger partial charge in [0.2, 0.25) is 10.4 Å². The molecule has 4 nitrogen and oxygen atoms in total. The molecule has 0 spiro atoms. The van der Waals surface area contributed by atoms with Crippen LogP contribution in [0.5, 0.6) is 0 Å². The van der Waals surface area contributed by atoms with Gasteiger partial charge in [0.25, 0.3) is 0 Å². The van der Waals surface area contributed by atoms with Gasteiger partial charge < -0.3 is 4.55 Å². The van der Waals surface area contributed by atoms with Crippen LogP contribution in [-0.4, -0.2) is 19.6 Å². The molecule has 0 saturated carbocycles. The van der Waals surface area contributed by atoms with Crippen molar-refractivity contribution in [1.82, 2.24) is 0 Å². The molecule has 0 aliphatic heterocycles. The molecular weight excluding hydrogens is 339 g/mol. The molecule has 0 amide bonds. The first-order chi connectivity index (χ1) is 10.5. The monoisotopic (exact) mass is 372 g/mol. The van der Waals surface area contributed by atoms with Crippen LogP contribution in [-0.2, 0) is 14.6 Å². The minimum absolute atomic E-state index is 0. The Balaban J connectivity index is 0. The van der Waals surface area contributed by atoms with Gasteiger partial charge in [0.05, 0.1) is 6.61 Å². The Morgan fingerprint density at radius 2 is 1.52 bits per heavy atom. The maximum atomic E-state index is 10.6. The SMILES string of the molecule is CCCCCC/C=C/C(CCCCCCC)COS(=O)(=O)[O-].[K+]. The molecule has 23 heavy (non-hydrogen) atoms. The molecule has 0 aliphatic rings. The van der Waals surface area contributed by atoms with Gasteiger partial charge in [-0.2, -0.15) is 0 Å². The molecule has 1 unspecified atom stereocenters. The van der Waals surface area contributed by atoms with Gasteiger partial charge in [-0.1, -0.05) is 77.4 Å². The van der Waals surface area contributed by atoms with Crippen molar-refractivity contribution in [3.05, 3.63) is 12.2 Å². The van der Waals surface area contributed by atoms with Crippen LogP contribution in [0, 0.1) is 5.92 Å². The quantitative estimate of drug-likeness (QED) is 0.145. The van der Waals surface area contributed by atoms with Crippen LogP contribution in [0.4, 0.5) is 0 Å². The van der Waals surface area contributed by atoms with Crippen molar-refractivity contribution in [3.8, 4) is 0 Å². The van der Waals surface area contributed by atoms with E-state index in [1.54, 1.807) is 0 Å². The van der Waals surface area contributed by atoms with Gasteiger partial charge in [-0.15, -0.1) is 0 Å². The van der Waals surface area contributed by atoms with E-state index in [-0.39, 0.29) is 63.9 Å². The summed E-state index contributed by atoms with van der Waals surface area (Å²) < 4.78 is 36.2. The molecule has 0 bridgehead atoms. The molecular formula is C17H33KO4S. The van der Waals surface area contributed by atoms with Gasteiger partial charge in [0.1, 0.15) is 0 Å². The van der Waals surface area contributed by atoms with Gasteiger partial charge in [0.15, 0.2) is 0 Å². The van der Waals surface area contributed by atoms with Gasteiger partial charge in [-0.25, -0.2) is 8.42 Å². The van der Waals surface area contributed by atoms with Crippen LogP contribution in [0.25, 0.3) is 0 Å². The van der Waals surface area contributed by atoms with Crippen LogP contribution >= 0.6 is 0 Å². The Bertz CT molecular complexity index is 369. The predicted octanol–water partition coefficient (Wildman–Crippen LogP) is 1.97.